The summed E-state index contributed by atoms with van der Waals surface area (Å²) in [5.74, 6) is -0.407. The van der Waals surface area contributed by atoms with Gasteiger partial charge in [-0.05, 0) is 53.6 Å². The lowest BCUT2D eigenvalue weighted by molar-refractivity contribution is -0.127. The van der Waals surface area contributed by atoms with Crippen molar-refractivity contribution >= 4 is 29.6 Å². The van der Waals surface area contributed by atoms with E-state index in [0.717, 1.165) is 10.5 Å². The molecule has 9 heteroatoms. The molecular weight excluding hydrogens is 453 g/mol. The zero-order valence-corrected chi connectivity index (χ0v) is 18.8. The minimum Gasteiger partial charge on any atom is -0.495 e. The summed E-state index contributed by atoms with van der Waals surface area (Å²) in [4.78, 5) is 38.2. The summed E-state index contributed by atoms with van der Waals surface area (Å²) >= 11 is 0. The number of anilines is 1. The number of carbonyl (C=O) groups excluding carboxylic acids is 3. The van der Waals surface area contributed by atoms with Crippen LogP contribution in [-0.2, 0) is 16.2 Å². The molecule has 0 radical (unpaired) electrons. The molecule has 0 saturated carbocycles. The Morgan fingerprint density at radius 3 is 2.46 bits per heavy atom. The minimum atomic E-state index is -0.685. The van der Waals surface area contributed by atoms with Crippen LogP contribution >= 0.6 is 0 Å². The number of nitrogens with one attached hydrogen (secondary N) is 2. The second kappa shape index (κ2) is 10.5. The van der Waals surface area contributed by atoms with Gasteiger partial charge in [0, 0.05) is 0 Å². The Morgan fingerprint density at radius 1 is 1.03 bits per heavy atom. The van der Waals surface area contributed by atoms with E-state index in [9.17, 15) is 18.8 Å². The lowest BCUT2D eigenvalue weighted by Gasteiger charge is -2.13. The molecule has 4 amide bonds. The summed E-state index contributed by atoms with van der Waals surface area (Å²) in [7, 11) is 1.48. The Balaban J connectivity index is 1.36. The van der Waals surface area contributed by atoms with Gasteiger partial charge in [0.1, 0.15) is 36.2 Å². The molecule has 4 rings (SSSR count). The van der Waals surface area contributed by atoms with Crippen LogP contribution in [0.3, 0.4) is 0 Å². The Kier molecular flexibility index (Phi) is 7.06. The molecule has 0 spiro atoms. The highest BCUT2D eigenvalue weighted by Gasteiger charge is 2.35. The van der Waals surface area contributed by atoms with E-state index in [1.807, 2.05) is 0 Å². The number of hydrogen-bond donors (Lipinski definition) is 2. The topological polar surface area (TPSA) is 97.0 Å². The van der Waals surface area contributed by atoms with Crippen LogP contribution in [-0.4, -0.2) is 36.4 Å². The molecular formula is C26H22FN3O5. The number of carbonyl (C=O) groups is 3. The van der Waals surface area contributed by atoms with Gasteiger partial charge in [-0.1, -0.05) is 36.4 Å². The fourth-order valence-electron chi connectivity index (χ4n) is 3.37. The van der Waals surface area contributed by atoms with Crippen LogP contribution in [0.15, 0.2) is 78.5 Å². The standard InChI is InChI=1S/C26H22FN3O5/c1-34-23-5-3-2-4-21(23)28-24(31)15-30-25(32)22(29-26(30)33)14-17-8-12-20(13-9-17)35-16-18-6-10-19(27)11-7-18/h2-14H,15-16H2,1H3,(H,28,31)(H,29,33)/b22-14+. The molecule has 0 unspecified atom stereocenters. The van der Waals surface area contributed by atoms with Gasteiger partial charge >= 0.3 is 6.03 Å². The zero-order valence-electron chi connectivity index (χ0n) is 18.8. The molecule has 35 heavy (non-hydrogen) atoms. The normalized spacial score (nSPS) is 14.1. The van der Waals surface area contributed by atoms with Crippen molar-refractivity contribution in [1.82, 2.24) is 10.2 Å². The summed E-state index contributed by atoms with van der Waals surface area (Å²) in [6, 6.07) is 19.0. The molecule has 0 atom stereocenters. The van der Waals surface area contributed by atoms with Gasteiger partial charge in [-0.25, -0.2) is 14.1 Å². The third kappa shape index (κ3) is 5.83. The number of methoxy groups -OCH3 is 1. The average Bonchev–Trinajstić information content (AvgIpc) is 3.12. The molecule has 2 N–H and O–H groups in total. The van der Waals surface area contributed by atoms with Crippen LogP contribution in [0.2, 0.25) is 0 Å². The van der Waals surface area contributed by atoms with E-state index in [1.165, 1.54) is 25.3 Å². The number of rotatable bonds is 8. The SMILES string of the molecule is COc1ccccc1NC(=O)CN1C(=O)N/C(=C/c2ccc(OCc3ccc(F)cc3)cc2)C1=O. The quantitative estimate of drug-likeness (QED) is 0.380. The van der Waals surface area contributed by atoms with Gasteiger partial charge in [-0.2, -0.15) is 0 Å². The van der Waals surface area contributed by atoms with Crippen molar-refractivity contribution in [2.45, 2.75) is 6.61 Å². The van der Waals surface area contributed by atoms with Crippen molar-refractivity contribution in [2.75, 3.05) is 19.0 Å². The molecule has 0 bridgehead atoms. The van der Waals surface area contributed by atoms with E-state index in [1.54, 1.807) is 60.7 Å². The lowest BCUT2D eigenvalue weighted by atomic mass is 10.2. The smallest absolute Gasteiger partial charge is 0.329 e. The fraction of sp³-hybridized carbons (Fsp3) is 0.115. The average molecular weight is 475 g/mol. The highest BCUT2D eigenvalue weighted by atomic mass is 19.1. The monoisotopic (exact) mass is 475 g/mol. The zero-order chi connectivity index (χ0) is 24.8. The second-order valence-corrected chi connectivity index (χ2v) is 7.61. The van der Waals surface area contributed by atoms with Gasteiger partial charge in [0.25, 0.3) is 5.91 Å². The minimum absolute atomic E-state index is 0.0556. The second-order valence-electron chi connectivity index (χ2n) is 7.61. The first kappa shape index (κ1) is 23.5. The molecule has 1 heterocycles. The van der Waals surface area contributed by atoms with Gasteiger partial charge in [0.15, 0.2) is 0 Å². The predicted octanol–water partition coefficient (Wildman–Crippen LogP) is 3.94. The Hall–Kier alpha value is -4.66. The third-order valence-electron chi connectivity index (χ3n) is 5.15. The van der Waals surface area contributed by atoms with Crippen molar-refractivity contribution in [3.05, 3.63) is 95.4 Å². The molecule has 1 saturated heterocycles. The predicted molar refractivity (Wildman–Crippen MR) is 127 cm³/mol. The van der Waals surface area contributed by atoms with Crippen molar-refractivity contribution < 1.29 is 28.2 Å². The molecule has 0 aromatic heterocycles. The first-order chi connectivity index (χ1) is 16.9. The number of hydrogen-bond acceptors (Lipinski definition) is 5. The third-order valence-corrected chi connectivity index (χ3v) is 5.15. The maximum atomic E-state index is 13.0. The summed E-state index contributed by atoms with van der Waals surface area (Å²) < 4.78 is 23.9. The highest BCUT2D eigenvalue weighted by molar-refractivity contribution is 6.16. The van der Waals surface area contributed by atoms with Crippen LogP contribution < -0.4 is 20.1 Å². The molecule has 1 aliphatic rings. The Bertz CT molecular complexity index is 1270. The van der Waals surface area contributed by atoms with Crippen LogP contribution in [0.4, 0.5) is 14.9 Å². The van der Waals surface area contributed by atoms with Crippen LogP contribution in [0.1, 0.15) is 11.1 Å². The number of nitrogens with zero attached hydrogens (tertiary/aromatic N) is 1. The van der Waals surface area contributed by atoms with Crippen molar-refractivity contribution in [3.63, 3.8) is 0 Å². The number of imide groups is 1. The summed E-state index contributed by atoms with van der Waals surface area (Å²) in [6.45, 7) is -0.169. The Morgan fingerprint density at radius 2 is 1.74 bits per heavy atom. The van der Waals surface area contributed by atoms with Gasteiger partial charge < -0.3 is 20.1 Å². The number of urea groups is 1. The molecule has 1 aliphatic heterocycles. The van der Waals surface area contributed by atoms with Crippen molar-refractivity contribution in [1.29, 1.82) is 0 Å². The van der Waals surface area contributed by atoms with E-state index in [-0.39, 0.29) is 18.1 Å². The van der Waals surface area contributed by atoms with Gasteiger partial charge in [0.05, 0.1) is 12.8 Å². The maximum Gasteiger partial charge on any atom is 0.329 e. The summed E-state index contributed by atoms with van der Waals surface area (Å²) in [6.07, 6.45) is 1.52. The maximum absolute atomic E-state index is 13.0. The lowest BCUT2D eigenvalue weighted by Crippen LogP contribution is -2.38. The first-order valence-electron chi connectivity index (χ1n) is 10.7. The van der Waals surface area contributed by atoms with E-state index < -0.39 is 24.4 Å². The van der Waals surface area contributed by atoms with E-state index in [0.29, 0.717) is 22.7 Å². The number of amides is 4. The van der Waals surface area contributed by atoms with Crippen LogP contribution in [0.5, 0.6) is 11.5 Å². The summed E-state index contributed by atoms with van der Waals surface area (Å²) in [5.41, 5.74) is 1.97. The van der Waals surface area contributed by atoms with Crippen molar-refractivity contribution in [3.8, 4) is 11.5 Å². The van der Waals surface area contributed by atoms with Crippen LogP contribution in [0.25, 0.3) is 6.08 Å². The first-order valence-corrected chi connectivity index (χ1v) is 10.7. The highest BCUT2D eigenvalue weighted by Crippen LogP contribution is 2.23. The van der Waals surface area contributed by atoms with Gasteiger partial charge in [-0.3, -0.25) is 9.59 Å². The molecule has 178 valence electrons. The van der Waals surface area contributed by atoms with E-state index in [4.69, 9.17) is 9.47 Å². The molecule has 0 aliphatic carbocycles. The van der Waals surface area contributed by atoms with Crippen molar-refractivity contribution in [2.24, 2.45) is 0 Å². The molecule has 1 fully saturated rings. The number of para-hydroxylation sites is 2. The molecule has 3 aromatic rings. The Labute approximate surface area is 201 Å². The molecule has 3 aromatic carbocycles. The van der Waals surface area contributed by atoms with Gasteiger partial charge in [0.2, 0.25) is 5.91 Å². The summed E-state index contributed by atoms with van der Waals surface area (Å²) in [5, 5.41) is 5.13. The van der Waals surface area contributed by atoms with E-state index >= 15 is 0 Å². The fourth-order valence-corrected chi connectivity index (χ4v) is 3.37. The number of ether oxygens (including phenoxy) is 2. The van der Waals surface area contributed by atoms with Gasteiger partial charge in [-0.15, -0.1) is 0 Å². The largest absolute Gasteiger partial charge is 0.495 e. The van der Waals surface area contributed by atoms with Crippen LogP contribution in [0, 0.1) is 5.82 Å². The number of halogens is 1. The molecule has 8 nitrogen and oxygen atoms in total. The van der Waals surface area contributed by atoms with E-state index in [2.05, 4.69) is 10.6 Å². The number of benzene rings is 3.